The van der Waals surface area contributed by atoms with Crippen LogP contribution in [0.5, 0.6) is 0 Å². The van der Waals surface area contributed by atoms with Crippen LogP contribution >= 0.6 is 11.6 Å². The largest absolute Gasteiger partial charge is 0.366 e. The van der Waals surface area contributed by atoms with Crippen LogP contribution in [-0.4, -0.2) is 22.3 Å². The number of carbonyl (C=O) groups is 1. The van der Waals surface area contributed by atoms with E-state index in [1.54, 1.807) is 18.3 Å². The Bertz CT molecular complexity index is 882. The van der Waals surface area contributed by atoms with Crippen LogP contribution in [0.4, 0.5) is 5.82 Å². The molecule has 4 nitrogen and oxygen atoms in total. The van der Waals surface area contributed by atoms with Crippen LogP contribution in [0, 0.1) is 0 Å². The Labute approximate surface area is 164 Å². The van der Waals surface area contributed by atoms with Gasteiger partial charge in [0.15, 0.2) is 0 Å². The van der Waals surface area contributed by atoms with Crippen LogP contribution in [0.3, 0.4) is 0 Å². The average Bonchev–Trinajstić information content (AvgIpc) is 2.72. The summed E-state index contributed by atoms with van der Waals surface area (Å²) >= 11 is 5.91. The highest BCUT2D eigenvalue weighted by Crippen LogP contribution is 2.15. The van der Waals surface area contributed by atoms with Crippen LogP contribution in [0.25, 0.3) is 0 Å². The molecule has 3 rings (SSSR count). The van der Waals surface area contributed by atoms with Crippen molar-refractivity contribution in [2.24, 2.45) is 0 Å². The van der Waals surface area contributed by atoms with Gasteiger partial charge in [-0.25, -0.2) is 4.98 Å². The molecule has 0 spiro atoms. The van der Waals surface area contributed by atoms with Crippen LogP contribution in [0.2, 0.25) is 5.02 Å². The second-order valence-electron chi connectivity index (χ2n) is 6.21. The summed E-state index contributed by atoms with van der Waals surface area (Å²) in [4.78, 5) is 19.0. The maximum absolute atomic E-state index is 12.9. The van der Waals surface area contributed by atoms with E-state index < -0.39 is 0 Å². The van der Waals surface area contributed by atoms with Crippen LogP contribution in [0.1, 0.15) is 28.4 Å². The lowest BCUT2D eigenvalue weighted by Gasteiger charge is -2.21. The first-order valence-corrected chi connectivity index (χ1v) is 9.31. The van der Waals surface area contributed by atoms with E-state index >= 15 is 0 Å². The normalized spacial score (nSPS) is 10.4. The van der Waals surface area contributed by atoms with E-state index in [-0.39, 0.29) is 5.91 Å². The van der Waals surface area contributed by atoms with E-state index in [4.69, 9.17) is 11.6 Å². The number of carbonyl (C=O) groups excluding carboxylic acids is 1. The van der Waals surface area contributed by atoms with E-state index in [1.165, 1.54) is 0 Å². The third-order valence-electron chi connectivity index (χ3n) is 4.28. The van der Waals surface area contributed by atoms with Crippen molar-refractivity contribution in [3.05, 3.63) is 94.6 Å². The van der Waals surface area contributed by atoms with Crippen molar-refractivity contribution in [1.29, 1.82) is 0 Å². The SMILES string of the molecule is CCN(Cc1ccccc1)C(=O)c1ccnc(NCc2ccc(Cl)cc2)c1. The van der Waals surface area contributed by atoms with Crippen molar-refractivity contribution in [3.8, 4) is 0 Å². The lowest BCUT2D eigenvalue weighted by Crippen LogP contribution is -2.30. The highest BCUT2D eigenvalue weighted by atomic mass is 35.5. The molecule has 0 aliphatic carbocycles. The van der Waals surface area contributed by atoms with Gasteiger partial charge in [-0.1, -0.05) is 54.1 Å². The Balaban J connectivity index is 1.67. The lowest BCUT2D eigenvalue weighted by atomic mass is 10.1. The number of amides is 1. The van der Waals surface area contributed by atoms with Crippen LogP contribution in [-0.2, 0) is 13.1 Å². The molecule has 0 radical (unpaired) electrons. The Morgan fingerprint density at radius 1 is 1.04 bits per heavy atom. The standard InChI is InChI=1S/C22H22ClN3O/c1-2-26(16-18-6-4-3-5-7-18)22(27)19-12-13-24-21(14-19)25-15-17-8-10-20(23)11-9-17/h3-14H,2,15-16H2,1H3,(H,24,25). The van der Waals surface area contributed by atoms with Crippen LogP contribution in [0.15, 0.2) is 72.9 Å². The average molecular weight is 380 g/mol. The molecule has 0 aliphatic heterocycles. The van der Waals surface area contributed by atoms with Gasteiger partial charge < -0.3 is 10.2 Å². The number of nitrogens with one attached hydrogen (secondary N) is 1. The third-order valence-corrected chi connectivity index (χ3v) is 4.53. The van der Waals surface area contributed by atoms with Gasteiger partial charge in [0.25, 0.3) is 5.91 Å². The predicted octanol–water partition coefficient (Wildman–Crippen LogP) is 5.01. The van der Waals surface area contributed by atoms with Gasteiger partial charge in [0.1, 0.15) is 5.82 Å². The fraction of sp³-hybridized carbons (Fsp3) is 0.182. The van der Waals surface area contributed by atoms with E-state index in [2.05, 4.69) is 10.3 Å². The molecule has 0 bridgehead atoms. The minimum atomic E-state index is -0.00158. The quantitative estimate of drug-likeness (QED) is 0.627. The summed E-state index contributed by atoms with van der Waals surface area (Å²) in [6.45, 7) is 3.83. The Hall–Kier alpha value is -2.85. The first-order chi connectivity index (χ1) is 13.2. The van der Waals surface area contributed by atoms with Gasteiger partial charge in [-0.15, -0.1) is 0 Å². The number of aromatic nitrogens is 1. The molecule has 0 atom stereocenters. The molecule has 138 valence electrons. The molecular weight excluding hydrogens is 358 g/mol. The van der Waals surface area contributed by atoms with E-state index in [1.807, 2.05) is 66.4 Å². The monoisotopic (exact) mass is 379 g/mol. The van der Waals surface area contributed by atoms with Gasteiger partial charge in [-0.3, -0.25) is 4.79 Å². The molecule has 2 aromatic carbocycles. The summed E-state index contributed by atoms with van der Waals surface area (Å²) in [7, 11) is 0. The van der Waals surface area contributed by atoms with Crippen molar-refractivity contribution < 1.29 is 4.79 Å². The van der Waals surface area contributed by atoms with Gasteiger partial charge >= 0.3 is 0 Å². The lowest BCUT2D eigenvalue weighted by molar-refractivity contribution is 0.0752. The Kier molecular flexibility index (Phi) is 6.44. The molecule has 1 amide bonds. The van der Waals surface area contributed by atoms with Gasteiger partial charge in [0, 0.05) is 36.4 Å². The number of rotatable bonds is 7. The van der Waals surface area contributed by atoms with Gasteiger partial charge in [0.2, 0.25) is 0 Å². The fourth-order valence-corrected chi connectivity index (χ4v) is 2.89. The summed E-state index contributed by atoms with van der Waals surface area (Å²) in [6, 6.07) is 21.2. The number of nitrogens with zero attached hydrogens (tertiary/aromatic N) is 2. The maximum Gasteiger partial charge on any atom is 0.254 e. The highest BCUT2D eigenvalue weighted by Gasteiger charge is 2.15. The van der Waals surface area contributed by atoms with E-state index in [0.29, 0.717) is 36.0 Å². The number of benzene rings is 2. The zero-order chi connectivity index (χ0) is 19.1. The fourth-order valence-electron chi connectivity index (χ4n) is 2.77. The summed E-state index contributed by atoms with van der Waals surface area (Å²) in [5.41, 5.74) is 2.83. The molecule has 0 unspecified atom stereocenters. The smallest absolute Gasteiger partial charge is 0.254 e. The highest BCUT2D eigenvalue weighted by molar-refractivity contribution is 6.30. The van der Waals surface area contributed by atoms with Crippen molar-refractivity contribution in [2.45, 2.75) is 20.0 Å². The first-order valence-electron chi connectivity index (χ1n) is 8.93. The Morgan fingerprint density at radius 2 is 1.78 bits per heavy atom. The molecule has 27 heavy (non-hydrogen) atoms. The van der Waals surface area contributed by atoms with E-state index in [0.717, 1.165) is 11.1 Å². The van der Waals surface area contributed by atoms with Crippen molar-refractivity contribution in [3.63, 3.8) is 0 Å². The molecule has 1 heterocycles. The predicted molar refractivity (Wildman–Crippen MR) is 110 cm³/mol. The molecule has 0 aliphatic rings. The zero-order valence-corrected chi connectivity index (χ0v) is 16.0. The Morgan fingerprint density at radius 3 is 2.48 bits per heavy atom. The van der Waals surface area contributed by atoms with Gasteiger partial charge in [-0.2, -0.15) is 0 Å². The van der Waals surface area contributed by atoms with Gasteiger partial charge in [0.05, 0.1) is 0 Å². The zero-order valence-electron chi connectivity index (χ0n) is 15.2. The molecule has 0 saturated carbocycles. The maximum atomic E-state index is 12.9. The summed E-state index contributed by atoms with van der Waals surface area (Å²) < 4.78 is 0. The molecule has 1 aromatic heterocycles. The number of halogens is 1. The summed E-state index contributed by atoms with van der Waals surface area (Å²) in [5.74, 6) is 0.671. The molecule has 0 saturated heterocycles. The second kappa shape index (κ2) is 9.19. The van der Waals surface area contributed by atoms with Crippen molar-refractivity contribution >= 4 is 23.3 Å². The topological polar surface area (TPSA) is 45.2 Å². The summed E-state index contributed by atoms with van der Waals surface area (Å²) in [5, 5.41) is 3.97. The third kappa shape index (κ3) is 5.31. The molecule has 0 fully saturated rings. The van der Waals surface area contributed by atoms with Crippen molar-refractivity contribution in [1.82, 2.24) is 9.88 Å². The van der Waals surface area contributed by atoms with Crippen molar-refractivity contribution in [2.75, 3.05) is 11.9 Å². The van der Waals surface area contributed by atoms with E-state index in [9.17, 15) is 4.79 Å². The molecule has 3 aromatic rings. The molecule has 1 N–H and O–H groups in total. The summed E-state index contributed by atoms with van der Waals surface area (Å²) in [6.07, 6.45) is 1.66. The second-order valence-corrected chi connectivity index (χ2v) is 6.65. The number of hydrogen-bond donors (Lipinski definition) is 1. The molecule has 5 heteroatoms. The minimum Gasteiger partial charge on any atom is -0.366 e. The van der Waals surface area contributed by atoms with Crippen LogP contribution < -0.4 is 5.32 Å². The van der Waals surface area contributed by atoms with Gasteiger partial charge in [-0.05, 0) is 42.3 Å². The number of anilines is 1. The number of hydrogen-bond acceptors (Lipinski definition) is 3. The first kappa shape index (κ1) is 18.9. The molecular formula is C22H22ClN3O. The minimum absolute atomic E-state index is 0.00158. The number of pyridine rings is 1.